The Bertz CT molecular complexity index is 469. The number of benzene rings is 1. The third kappa shape index (κ3) is 1.59. The van der Waals surface area contributed by atoms with Crippen molar-refractivity contribution in [3.63, 3.8) is 0 Å². The fraction of sp³-hybridized carbons (Fsp3) is 0.333. The zero-order valence-electron chi connectivity index (χ0n) is 7.85. The second-order valence-electron chi connectivity index (χ2n) is 3.32. The van der Waals surface area contributed by atoms with E-state index in [4.69, 9.17) is 11.1 Å². The lowest BCUT2D eigenvalue weighted by molar-refractivity contribution is 0.587. The largest absolute Gasteiger partial charge is 0.0895 e. The monoisotopic (exact) mass is 200 g/mol. The van der Waals surface area contributed by atoms with Crippen LogP contribution in [0, 0.1) is 0 Å². The maximum absolute atomic E-state index is 8.46. The molecule has 0 fully saturated rings. The lowest BCUT2D eigenvalue weighted by Gasteiger charge is -2.08. The first-order valence-corrected chi connectivity index (χ1v) is 4.53. The summed E-state index contributed by atoms with van der Waals surface area (Å²) >= 11 is 0. The topological polar surface area (TPSA) is 97.5 Å². The van der Waals surface area contributed by atoms with E-state index in [0.717, 1.165) is 11.1 Å². The number of azide groups is 2. The van der Waals surface area contributed by atoms with Gasteiger partial charge in [-0.2, -0.15) is 0 Å². The van der Waals surface area contributed by atoms with E-state index in [-0.39, 0.29) is 12.1 Å². The fourth-order valence-electron chi connectivity index (χ4n) is 1.92. The molecule has 6 heteroatoms. The first kappa shape index (κ1) is 9.40. The number of nitrogens with zero attached hydrogens (tertiary/aromatic N) is 6. The molecule has 0 heterocycles. The lowest BCUT2D eigenvalue weighted by Crippen LogP contribution is -2.07. The van der Waals surface area contributed by atoms with Gasteiger partial charge in [0.2, 0.25) is 0 Å². The van der Waals surface area contributed by atoms with E-state index in [1.807, 2.05) is 24.3 Å². The van der Waals surface area contributed by atoms with E-state index in [1.165, 1.54) is 0 Å². The average molecular weight is 200 g/mol. The first-order chi connectivity index (χ1) is 7.36. The predicted molar refractivity (Wildman–Crippen MR) is 55.0 cm³/mol. The molecule has 0 saturated carbocycles. The molecular formula is C9H8N6. The van der Waals surface area contributed by atoms with Crippen molar-refractivity contribution in [3.05, 3.63) is 56.3 Å². The third-order valence-electron chi connectivity index (χ3n) is 2.54. The van der Waals surface area contributed by atoms with Crippen LogP contribution in [0.5, 0.6) is 0 Å². The molecule has 0 amide bonds. The van der Waals surface area contributed by atoms with Crippen LogP contribution in [0.2, 0.25) is 0 Å². The summed E-state index contributed by atoms with van der Waals surface area (Å²) in [6.07, 6.45) is 0.643. The smallest absolute Gasteiger partial charge is 0.0715 e. The third-order valence-corrected chi connectivity index (χ3v) is 2.54. The molecule has 74 valence electrons. The second kappa shape index (κ2) is 3.92. The summed E-state index contributed by atoms with van der Waals surface area (Å²) < 4.78 is 0. The zero-order valence-corrected chi connectivity index (χ0v) is 7.85. The molecule has 0 bridgehead atoms. The van der Waals surface area contributed by atoms with Crippen molar-refractivity contribution in [3.8, 4) is 0 Å². The minimum atomic E-state index is -0.359. The van der Waals surface area contributed by atoms with Crippen LogP contribution in [0.15, 0.2) is 34.5 Å². The van der Waals surface area contributed by atoms with Gasteiger partial charge in [0, 0.05) is 9.82 Å². The minimum absolute atomic E-state index is 0.289. The standard InChI is InChI=1S/C9H8N6/c10-14-12-8-5-6-3-1-2-4-7(6)9(8)13-15-11/h1-4,8-9H,5H2. The molecule has 0 aromatic heterocycles. The van der Waals surface area contributed by atoms with Gasteiger partial charge in [-0.1, -0.05) is 34.5 Å². The van der Waals surface area contributed by atoms with Crippen LogP contribution in [-0.2, 0) is 6.42 Å². The lowest BCUT2D eigenvalue weighted by atomic mass is 10.1. The molecule has 2 atom stereocenters. The first-order valence-electron chi connectivity index (χ1n) is 4.53. The van der Waals surface area contributed by atoms with Gasteiger partial charge in [0.1, 0.15) is 0 Å². The van der Waals surface area contributed by atoms with Gasteiger partial charge in [0.05, 0.1) is 12.1 Å². The highest BCUT2D eigenvalue weighted by atomic mass is 15.2. The SMILES string of the molecule is [N-]=[N+]=NC1Cc2ccccc2C1N=[N+]=[N-]. The number of hydrogen-bond acceptors (Lipinski definition) is 2. The Labute approximate surface area is 85.8 Å². The quantitative estimate of drug-likeness (QED) is 0.397. The van der Waals surface area contributed by atoms with Crippen LogP contribution < -0.4 is 0 Å². The molecule has 2 unspecified atom stereocenters. The Hall–Kier alpha value is -2.16. The van der Waals surface area contributed by atoms with Gasteiger partial charge < -0.3 is 0 Å². The Morgan fingerprint density at radius 1 is 1.13 bits per heavy atom. The van der Waals surface area contributed by atoms with Gasteiger partial charge >= 0.3 is 0 Å². The maximum Gasteiger partial charge on any atom is 0.0715 e. The maximum atomic E-state index is 8.46. The van der Waals surface area contributed by atoms with Gasteiger partial charge in [-0.05, 0) is 28.6 Å². The van der Waals surface area contributed by atoms with E-state index in [2.05, 4.69) is 20.1 Å². The van der Waals surface area contributed by atoms with E-state index >= 15 is 0 Å². The highest BCUT2D eigenvalue weighted by molar-refractivity contribution is 5.37. The number of hydrogen-bond donors (Lipinski definition) is 0. The highest BCUT2D eigenvalue weighted by Gasteiger charge is 2.30. The Morgan fingerprint density at radius 2 is 1.87 bits per heavy atom. The van der Waals surface area contributed by atoms with Gasteiger partial charge in [0.25, 0.3) is 0 Å². The molecule has 0 spiro atoms. The fourth-order valence-corrected chi connectivity index (χ4v) is 1.92. The second-order valence-corrected chi connectivity index (χ2v) is 3.32. The molecule has 0 radical (unpaired) electrons. The van der Waals surface area contributed by atoms with Gasteiger partial charge in [0.15, 0.2) is 0 Å². The van der Waals surface area contributed by atoms with Crippen molar-refractivity contribution in [2.24, 2.45) is 10.2 Å². The molecule has 15 heavy (non-hydrogen) atoms. The van der Waals surface area contributed by atoms with Crippen LogP contribution in [0.4, 0.5) is 0 Å². The van der Waals surface area contributed by atoms with Crippen molar-refractivity contribution >= 4 is 0 Å². The average Bonchev–Trinajstić information content (AvgIpc) is 2.59. The molecule has 6 nitrogen and oxygen atoms in total. The Balaban J connectivity index is 2.45. The molecule has 0 N–H and O–H groups in total. The predicted octanol–water partition coefficient (Wildman–Crippen LogP) is 3.27. The molecule has 1 aliphatic carbocycles. The van der Waals surface area contributed by atoms with E-state index in [9.17, 15) is 0 Å². The van der Waals surface area contributed by atoms with Gasteiger partial charge in [-0.3, -0.25) is 0 Å². The molecule has 1 aromatic rings. The van der Waals surface area contributed by atoms with Crippen molar-refractivity contribution < 1.29 is 0 Å². The zero-order chi connectivity index (χ0) is 10.7. The van der Waals surface area contributed by atoms with Gasteiger partial charge in [-0.15, -0.1) is 0 Å². The summed E-state index contributed by atoms with van der Waals surface area (Å²) in [5.74, 6) is 0. The van der Waals surface area contributed by atoms with Crippen molar-refractivity contribution in [2.75, 3.05) is 0 Å². The summed E-state index contributed by atoms with van der Waals surface area (Å²) in [6, 6.07) is 7.02. The summed E-state index contributed by atoms with van der Waals surface area (Å²) in [5.41, 5.74) is 18.9. The molecule has 1 aliphatic rings. The summed E-state index contributed by atoms with van der Waals surface area (Å²) in [7, 11) is 0. The van der Waals surface area contributed by atoms with Crippen LogP contribution in [0.3, 0.4) is 0 Å². The van der Waals surface area contributed by atoms with Gasteiger partial charge in [-0.25, -0.2) is 0 Å². The number of rotatable bonds is 2. The summed E-state index contributed by atoms with van der Waals surface area (Å²) in [6.45, 7) is 0. The normalized spacial score (nSPS) is 22.4. The molecule has 2 rings (SSSR count). The van der Waals surface area contributed by atoms with Crippen LogP contribution in [0.1, 0.15) is 17.2 Å². The minimum Gasteiger partial charge on any atom is -0.0895 e. The van der Waals surface area contributed by atoms with E-state index in [0.29, 0.717) is 6.42 Å². The Morgan fingerprint density at radius 3 is 2.60 bits per heavy atom. The Kier molecular flexibility index (Phi) is 2.46. The van der Waals surface area contributed by atoms with Crippen LogP contribution >= 0.6 is 0 Å². The van der Waals surface area contributed by atoms with E-state index in [1.54, 1.807) is 0 Å². The van der Waals surface area contributed by atoms with Crippen LogP contribution in [-0.4, -0.2) is 6.04 Å². The molecular weight excluding hydrogens is 192 g/mol. The number of fused-ring (bicyclic) bond motifs is 1. The summed E-state index contributed by atoms with van der Waals surface area (Å²) in [4.78, 5) is 5.57. The van der Waals surface area contributed by atoms with Crippen LogP contribution in [0.25, 0.3) is 20.9 Å². The summed E-state index contributed by atoms with van der Waals surface area (Å²) in [5, 5.41) is 7.33. The molecule has 0 saturated heterocycles. The molecule has 0 aliphatic heterocycles. The van der Waals surface area contributed by atoms with Crippen molar-refractivity contribution in [1.29, 1.82) is 0 Å². The van der Waals surface area contributed by atoms with Crippen molar-refractivity contribution in [2.45, 2.75) is 18.5 Å². The van der Waals surface area contributed by atoms with Crippen molar-refractivity contribution in [1.82, 2.24) is 0 Å². The molecule has 1 aromatic carbocycles. The van der Waals surface area contributed by atoms with E-state index < -0.39 is 0 Å². The highest BCUT2D eigenvalue weighted by Crippen LogP contribution is 2.36.